The summed E-state index contributed by atoms with van der Waals surface area (Å²) >= 11 is 0. The lowest BCUT2D eigenvalue weighted by Gasteiger charge is -2.15. The molecule has 2 N–H and O–H groups in total. The lowest BCUT2D eigenvalue weighted by molar-refractivity contribution is -0.114. The molecule has 0 aromatic heterocycles. The number of anilines is 2. The zero-order valence-corrected chi connectivity index (χ0v) is 17.2. The first-order valence-corrected chi connectivity index (χ1v) is 9.80. The highest BCUT2D eigenvalue weighted by Crippen LogP contribution is 2.29. The molecule has 0 atom stereocenters. The number of hydrogen-bond donors (Lipinski definition) is 2. The van der Waals surface area contributed by atoms with Gasteiger partial charge in [-0.25, -0.2) is 12.7 Å². The van der Waals surface area contributed by atoms with E-state index in [1.54, 1.807) is 31.2 Å². The van der Waals surface area contributed by atoms with Gasteiger partial charge in [-0.1, -0.05) is 6.07 Å². The maximum Gasteiger partial charge on any atom is 0.256 e. The summed E-state index contributed by atoms with van der Waals surface area (Å²) in [6.45, 7) is 3.09. The van der Waals surface area contributed by atoms with Crippen molar-refractivity contribution < 1.29 is 22.7 Å². The molecule has 2 aromatic rings. The number of benzene rings is 2. The Morgan fingerprint density at radius 2 is 1.71 bits per heavy atom. The molecule has 2 amide bonds. The third kappa shape index (κ3) is 4.68. The number of nitrogens with one attached hydrogen (secondary N) is 2. The molecule has 0 spiro atoms. The van der Waals surface area contributed by atoms with Gasteiger partial charge in [-0.3, -0.25) is 9.59 Å². The second-order valence-electron chi connectivity index (χ2n) is 6.31. The second kappa shape index (κ2) is 8.41. The summed E-state index contributed by atoms with van der Waals surface area (Å²) < 4.78 is 31.1. The fourth-order valence-electron chi connectivity index (χ4n) is 2.49. The molecule has 150 valence electrons. The van der Waals surface area contributed by atoms with Crippen LogP contribution in [0.5, 0.6) is 5.75 Å². The van der Waals surface area contributed by atoms with Gasteiger partial charge in [0.25, 0.3) is 5.91 Å². The highest BCUT2D eigenvalue weighted by molar-refractivity contribution is 7.89. The molecule has 0 aliphatic heterocycles. The Hall–Kier alpha value is -2.91. The Kier molecular flexibility index (Phi) is 6.42. The normalized spacial score (nSPS) is 11.2. The van der Waals surface area contributed by atoms with Crippen LogP contribution in [0.1, 0.15) is 22.8 Å². The smallest absolute Gasteiger partial charge is 0.256 e. The molecule has 0 bridgehead atoms. The Bertz CT molecular complexity index is 1020. The molecule has 0 saturated heterocycles. The lowest BCUT2D eigenvalue weighted by Crippen LogP contribution is -2.23. The van der Waals surface area contributed by atoms with Crippen molar-refractivity contribution in [2.24, 2.45) is 0 Å². The van der Waals surface area contributed by atoms with Crippen LogP contribution in [0.15, 0.2) is 41.3 Å². The van der Waals surface area contributed by atoms with Gasteiger partial charge in [0, 0.05) is 32.3 Å². The Balaban J connectivity index is 2.41. The number of ether oxygens (including phenoxy) is 1. The average Bonchev–Trinajstić information content (AvgIpc) is 2.61. The highest BCUT2D eigenvalue weighted by atomic mass is 32.2. The van der Waals surface area contributed by atoms with Crippen LogP contribution in [-0.4, -0.2) is 45.7 Å². The predicted molar refractivity (Wildman–Crippen MR) is 107 cm³/mol. The topological polar surface area (TPSA) is 105 Å². The summed E-state index contributed by atoms with van der Waals surface area (Å²) in [5.41, 5.74) is 1.67. The second-order valence-corrected chi connectivity index (χ2v) is 8.47. The third-order valence-electron chi connectivity index (χ3n) is 4.00. The Morgan fingerprint density at radius 1 is 1.04 bits per heavy atom. The van der Waals surface area contributed by atoms with Crippen LogP contribution < -0.4 is 15.4 Å². The quantitative estimate of drug-likeness (QED) is 0.768. The van der Waals surface area contributed by atoms with Crippen molar-refractivity contribution in [1.29, 1.82) is 0 Å². The molecule has 2 rings (SSSR count). The summed E-state index contributed by atoms with van der Waals surface area (Å²) in [4.78, 5) is 24.1. The van der Waals surface area contributed by atoms with Crippen LogP contribution in [0.2, 0.25) is 0 Å². The van der Waals surface area contributed by atoms with Gasteiger partial charge in [-0.05, 0) is 42.8 Å². The molecule has 0 fully saturated rings. The number of aryl methyl sites for hydroxylation is 1. The van der Waals surface area contributed by atoms with Gasteiger partial charge >= 0.3 is 0 Å². The number of carbonyl (C=O) groups is 2. The van der Waals surface area contributed by atoms with Crippen molar-refractivity contribution in [3.05, 3.63) is 47.5 Å². The number of carbonyl (C=O) groups excluding carboxylic acids is 2. The van der Waals surface area contributed by atoms with Gasteiger partial charge in [0.15, 0.2) is 0 Å². The molecule has 28 heavy (non-hydrogen) atoms. The summed E-state index contributed by atoms with van der Waals surface area (Å²) in [7, 11) is 0.630. The van der Waals surface area contributed by atoms with Crippen LogP contribution in [0.25, 0.3) is 0 Å². The number of methoxy groups -OCH3 is 1. The number of amides is 2. The van der Waals surface area contributed by atoms with Crippen LogP contribution in [0.3, 0.4) is 0 Å². The predicted octanol–water partition coefficient (Wildman–Crippen LogP) is 2.46. The number of rotatable bonds is 6. The third-order valence-corrected chi connectivity index (χ3v) is 5.81. The SMILES string of the molecule is COc1ccc(NC(C)=O)cc1NC(=O)c1cc(S(=O)(=O)N(C)C)ccc1C. The average molecular weight is 405 g/mol. The van der Waals surface area contributed by atoms with Crippen LogP contribution >= 0.6 is 0 Å². The standard InChI is InChI=1S/C19H23N3O5S/c1-12-6-8-15(28(25,26)22(3)4)11-16(12)19(24)21-17-10-14(20-13(2)23)7-9-18(17)27-5/h6-11H,1-5H3,(H,20,23)(H,21,24). The number of sulfonamides is 1. The van der Waals surface area contributed by atoms with Gasteiger partial charge in [0.2, 0.25) is 15.9 Å². The van der Waals surface area contributed by atoms with E-state index in [9.17, 15) is 18.0 Å². The minimum Gasteiger partial charge on any atom is -0.495 e. The van der Waals surface area contributed by atoms with E-state index in [4.69, 9.17) is 4.74 Å². The number of hydrogen-bond acceptors (Lipinski definition) is 5. The van der Waals surface area contributed by atoms with Crippen molar-refractivity contribution in [3.63, 3.8) is 0 Å². The van der Waals surface area contributed by atoms with Crippen molar-refractivity contribution in [1.82, 2.24) is 4.31 Å². The van der Waals surface area contributed by atoms with E-state index in [-0.39, 0.29) is 16.4 Å². The minimum absolute atomic E-state index is 0.0206. The van der Waals surface area contributed by atoms with E-state index in [0.29, 0.717) is 22.7 Å². The fourth-order valence-corrected chi connectivity index (χ4v) is 3.42. The Labute approximate surface area is 164 Å². The molecule has 0 aliphatic carbocycles. The molecule has 0 heterocycles. The van der Waals surface area contributed by atoms with Gasteiger partial charge in [-0.2, -0.15) is 0 Å². The molecule has 0 aliphatic rings. The van der Waals surface area contributed by atoms with E-state index < -0.39 is 15.9 Å². The molecule has 9 heteroatoms. The molecular weight excluding hydrogens is 382 g/mol. The Morgan fingerprint density at radius 3 is 2.29 bits per heavy atom. The van der Waals surface area contributed by atoms with Crippen molar-refractivity contribution in [3.8, 4) is 5.75 Å². The maximum atomic E-state index is 12.8. The molecule has 0 saturated carbocycles. The van der Waals surface area contributed by atoms with Crippen molar-refractivity contribution in [2.75, 3.05) is 31.8 Å². The minimum atomic E-state index is -3.67. The zero-order chi connectivity index (χ0) is 21.1. The fraction of sp³-hybridized carbons (Fsp3) is 0.263. The van der Waals surface area contributed by atoms with Crippen molar-refractivity contribution >= 4 is 33.2 Å². The summed E-state index contributed by atoms with van der Waals surface area (Å²) in [5.74, 6) is -0.344. The molecule has 8 nitrogen and oxygen atoms in total. The summed E-state index contributed by atoms with van der Waals surface area (Å²) in [5, 5.41) is 5.35. The van der Waals surface area contributed by atoms with Crippen molar-refractivity contribution in [2.45, 2.75) is 18.7 Å². The first kappa shape index (κ1) is 21.4. The van der Waals surface area contributed by atoms with E-state index >= 15 is 0 Å². The summed E-state index contributed by atoms with van der Waals surface area (Å²) in [6.07, 6.45) is 0. The largest absolute Gasteiger partial charge is 0.495 e. The molecule has 0 radical (unpaired) electrons. The monoisotopic (exact) mass is 405 g/mol. The van der Waals surface area contributed by atoms with Crippen LogP contribution in [0, 0.1) is 6.92 Å². The van der Waals surface area contributed by atoms with Gasteiger partial charge in [0.05, 0.1) is 17.7 Å². The molecular formula is C19H23N3O5S. The van der Waals surface area contributed by atoms with Crippen LogP contribution in [0.4, 0.5) is 11.4 Å². The van der Waals surface area contributed by atoms with E-state index in [1.807, 2.05) is 0 Å². The first-order chi connectivity index (χ1) is 13.1. The van der Waals surface area contributed by atoms with Gasteiger partial charge in [-0.15, -0.1) is 0 Å². The summed E-state index contributed by atoms with van der Waals surface area (Å²) in [6, 6.07) is 9.19. The van der Waals surface area contributed by atoms with Gasteiger partial charge in [0.1, 0.15) is 5.75 Å². The molecule has 0 unspecified atom stereocenters. The number of nitrogens with zero attached hydrogens (tertiary/aromatic N) is 1. The van der Waals surface area contributed by atoms with E-state index in [0.717, 1.165) is 4.31 Å². The first-order valence-electron chi connectivity index (χ1n) is 8.36. The zero-order valence-electron chi connectivity index (χ0n) is 16.4. The van der Waals surface area contributed by atoms with Gasteiger partial charge < -0.3 is 15.4 Å². The van der Waals surface area contributed by atoms with Crippen LogP contribution in [-0.2, 0) is 14.8 Å². The van der Waals surface area contributed by atoms with E-state index in [2.05, 4.69) is 10.6 Å². The highest BCUT2D eigenvalue weighted by Gasteiger charge is 2.21. The van der Waals surface area contributed by atoms with E-state index in [1.165, 1.54) is 40.3 Å². The molecule has 2 aromatic carbocycles. The maximum absolute atomic E-state index is 12.8. The lowest BCUT2D eigenvalue weighted by atomic mass is 10.1.